The van der Waals surface area contributed by atoms with Crippen molar-refractivity contribution in [2.24, 2.45) is 0 Å². The molecule has 0 radical (unpaired) electrons. The fourth-order valence-electron chi connectivity index (χ4n) is 4.40. The molecule has 0 saturated carbocycles. The summed E-state index contributed by atoms with van der Waals surface area (Å²) < 4.78 is 17.1. The lowest BCUT2D eigenvalue weighted by Gasteiger charge is -2.44. The second-order valence-corrected chi connectivity index (χ2v) is 8.20. The number of phenolic OH excluding ortho intramolecular Hbond substituents is 1. The number of benzene rings is 2. The van der Waals surface area contributed by atoms with Gasteiger partial charge in [-0.3, -0.25) is 4.79 Å². The van der Waals surface area contributed by atoms with E-state index in [-0.39, 0.29) is 18.3 Å². The van der Waals surface area contributed by atoms with Crippen LogP contribution in [0.2, 0.25) is 0 Å². The lowest BCUT2D eigenvalue weighted by molar-refractivity contribution is -0.128. The molecule has 0 bridgehead atoms. The van der Waals surface area contributed by atoms with Gasteiger partial charge in [-0.05, 0) is 51.0 Å². The number of carbonyl (C=O) groups is 1. The molecule has 0 spiro atoms. The van der Waals surface area contributed by atoms with Gasteiger partial charge in [0, 0.05) is 17.2 Å². The maximum absolute atomic E-state index is 13.4. The predicted octanol–water partition coefficient (Wildman–Crippen LogP) is 4.40. The van der Waals surface area contributed by atoms with Crippen molar-refractivity contribution in [1.29, 1.82) is 0 Å². The Kier molecular flexibility index (Phi) is 4.26. The summed E-state index contributed by atoms with van der Waals surface area (Å²) >= 11 is 0. The minimum atomic E-state index is -0.772. The molecular weight excluding hydrogens is 370 g/mol. The summed E-state index contributed by atoms with van der Waals surface area (Å²) in [6.07, 6.45) is 2.27. The smallest absolute Gasteiger partial charge is 0.231 e. The highest BCUT2D eigenvalue weighted by Crippen LogP contribution is 2.56. The third-order valence-electron chi connectivity index (χ3n) is 5.77. The number of fused-ring (bicyclic) bond motifs is 3. The Hall–Kier alpha value is -3.15. The average Bonchev–Trinajstić information content (AvgIpc) is 3.17. The maximum Gasteiger partial charge on any atom is 0.231 e. The first-order chi connectivity index (χ1) is 13.7. The zero-order chi connectivity index (χ0) is 21.0. The van der Waals surface area contributed by atoms with E-state index in [4.69, 9.17) is 14.2 Å². The van der Waals surface area contributed by atoms with Crippen LogP contribution in [0.4, 0.5) is 5.69 Å². The number of carbonyl (C=O) groups excluding carboxylic acids is 1. The molecule has 1 unspecified atom stereocenters. The normalized spacial score (nSPS) is 21.3. The Morgan fingerprint density at radius 1 is 1.21 bits per heavy atom. The van der Waals surface area contributed by atoms with E-state index < -0.39 is 11.0 Å². The number of methoxy groups -OCH3 is 1. The van der Waals surface area contributed by atoms with Gasteiger partial charge < -0.3 is 24.6 Å². The number of allylic oxidation sites excluding steroid dienone is 1. The molecule has 0 aliphatic carbocycles. The number of hydrogen-bond acceptors (Lipinski definition) is 6. The van der Waals surface area contributed by atoms with Crippen LogP contribution in [0.15, 0.2) is 36.9 Å². The number of hydrogen-bond donors (Lipinski definition) is 2. The average molecular weight is 395 g/mol. The highest BCUT2D eigenvalue weighted by molar-refractivity contribution is 6.05. The van der Waals surface area contributed by atoms with Crippen LogP contribution < -0.4 is 19.5 Å². The first-order valence-corrected chi connectivity index (χ1v) is 9.51. The SMILES string of the molecule is C=CCC1(C)C(=O)C(C)(C)Nc2c1cc(-c1ccc(O)cc1OC)c1c2OCO1. The number of phenols is 1. The predicted molar refractivity (Wildman–Crippen MR) is 111 cm³/mol. The summed E-state index contributed by atoms with van der Waals surface area (Å²) in [5, 5.41) is 13.2. The van der Waals surface area contributed by atoms with Gasteiger partial charge in [0.2, 0.25) is 6.79 Å². The molecule has 0 saturated heterocycles. The summed E-state index contributed by atoms with van der Waals surface area (Å²) in [4.78, 5) is 13.4. The molecule has 0 aromatic heterocycles. The Morgan fingerprint density at radius 3 is 2.62 bits per heavy atom. The highest BCUT2D eigenvalue weighted by atomic mass is 16.7. The monoisotopic (exact) mass is 395 g/mol. The lowest BCUT2D eigenvalue weighted by atomic mass is 9.66. The van der Waals surface area contributed by atoms with E-state index in [0.717, 1.165) is 22.4 Å². The second-order valence-electron chi connectivity index (χ2n) is 8.20. The van der Waals surface area contributed by atoms with Gasteiger partial charge in [0.05, 0.1) is 23.8 Å². The van der Waals surface area contributed by atoms with Crippen LogP contribution in [0.5, 0.6) is 23.0 Å². The van der Waals surface area contributed by atoms with Gasteiger partial charge in [-0.15, -0.1) is 6.58 Å². The molecule has 2 aromatic rings. The van der Waals surface area contributed by atoms with E-state index in [1.807, 2.05) is 26.8 Å². The first kappa shape index (κ1) is 19.2. The number of aromatic hydroxyl groups is 1. The third-order valence-corrected chi connectivity index (χ3v) is 5.77. The Balaban J connectivity index is 2.04. The standard InChI is InChI=1S/C23H25NO5/c1-6-9-23(4)16-11-15(14-8-7-13(25)10-17(14)27-5)19-20(29-12-28-19)18(16)24-22(2,3)21(23)26/h6-8,10-11,24-25H,1,9,12H2,2-5H3. The quantitative estimate of drug-likeness (QED) is 0.747. The summed E-state index contributed by atoms with van der Waals surface area (Å²) in [5.74, 6) is 1.87. The molecule has 0 fully saturated rings. The molecule has 6 heteroatoms. The minimum absolute atomic E-state index is 0.0832. The van der Waals surface area contributed by atoms with Gasteiger partial charge in [-0.25, -0.2) is 0 Å². The van der Waals surface area contributed by atoms with Crippen molar-refractivity contribution < 1.29 is 24.1 Å². The van der Waals surface area contributed by atoms with Crippen LogP contribution in [0.1, 0.15) is 32.8 Å². The number of Topliss-reactive ketones (excluding diaryl/α,β-unsaturated/α-hetero) is 1. The van der Waals surface area contributed by atoms with Gasteiger partial charge in [0.25, 0.3) is 0 Å². The van der Waals surface area contributed by atoms with E-state index in [9.17, 15) is 9.90 Å². The zero-order valence-electron chi connectivity index (χ0n) is 17.1. The van der Waals surface area contributed by atoms with Crippen LogP contribution >= 0.6 is 0 Å². The van der Waals surface area contributed by atoms with E-state index in [2.05, 4.69) is 11.9 Å². The zero-order valence-corrected chi connectivity index (χ0v) is 17.1. The van der Waals surface area contributed by atoms with E-state index in [1.54, 1.807) is 31.4 Å². The van der Waals surface area contributed by atoms with Gasteiger partial charge in [0.15, 0.2) is 17.3 Å². The number of ether oxygens (including phenoxy) is 3. The van der Waals surface area contributed by atoms with Crippen molar-refractivity contribution in [3.8, 4) is 34.1 Å². The van der Waals surface area contributed by atoms with E-state index in [0.29, 0.717) is 23.7 Å². The number of anilines is 1. The maximum atomic E-state index is 13.4. The molecule has 4 rings (SSSR count). The van der Waals surface area contributed by atoms with Gasteiger partial charge in [0.1, 0.15) is 11.5 Å². The van der Waals surface area contributed by atoms with Crippen molar-refractivity contribution in [3.05, 3.63) is 42.5 Å². The second kappa shape index (κ2) is 6.44. The molecule has 152 valence electrons. The topological polar surface area (TPSA) is 77.0 Å². The molecule has 2 aliphatic heterocycles. The van der Waals surface area contributed by atoms with Crippen molar-refractivity contribution in [1.82, 2.24) is 0 Å². The van der Waals surface area contributed by atoms with Crippen LogP contribution in [0.3, 0.4) is 0 Å². The molecule has 1 atom stereocenters. The van der Waals surface area contributed by atoms with E-state index >= 15 is 0 Å². The van der Waals surface area contributed by atoms with Crippen molar-refractivity contribution >= 4 is 11.5 Å². The number of ketones is 1. The molecule has 29 heavy (non-hydrogen) atoms. The van der Waals surface area contributed by atoms with Gasteiger partial charge in [-0.2, -0.15) is 0 Å². The molecule has 2 N–H and O–H groups in total. The van der Waals surface area contributed by atoms with Crippen molar-refractivity contribution in [2.75, 3.05) is 19.2 Å². The lowest BCUT2D eigenvalue weighted by Crippen LogP contribution is -2.54. The number of nitrogens with one attached hydrogen (secondary N) is 1. The van der Waals surface area contributed by atoms with Gasteiger partial charge >= 0.3 is 0 Å². The molecular formula is C23H25NO5. The first-order valence-electron chi connectivity index (χ1n) is 9.51. The summed E-state index contributed by atoms with van der Waals surface area (Å²) in [6.45, 7) is 9.65. The highest BCUT2D eigenvalue weighted by Gasteiger charge is 2.50. The van der Waals surface area contributed by atoms with Crippen LogP contribution in [0.25, 0.3) is 11.1 Å². The largest absolute Gasteiger partial charge is 0.508 e. The van der Waals surface area contributed by atoms with E-state index in [1.165, 1.54) is 0 Å². The number of rotatable bonds is 4. The molecule has 6 nitrogen and oxygen atoms in total. The summed E-state index contributed by atoms with van der Waals surface area (Å²) in [6, 6.07) is 6.87. The summed E-state index contributed by atoms with van der Waals surface area (Å²) in [5.41, 5.74) is 1.56. The molecule has 2 aromatic carbocycles. The molecule has 2 aliphatic rings. The van der Waals surface area contributed by atoms with Crippen molar-refractivity contribution in [3.63, 3.8) is 0 Å². The Labute approximate surface area is 170 Å². The van der Waals surface area contributed by atoms with Crippen LogP contribution in [-0.4, -0.2) is 30.3 Å². The Morgan fingerprint density at radius 2 is 1.93 bits per heavy atom. The van der Waals surface area contributed by atoms with Gasteiger partial charge in [-0.1, -0.05) is 6.08 Å². The fourth-order valence-corrected chi connectivity index (χ4v) is 4.40. The summed E-state index contributed by atoms with van der Waals surface area (Å²) in [7, 11) is 1.55. The third kappa shape index (κ3) is 2.74. The van der Waals surface area contributed by atoms with Crippen LogP contribution in [-0.2, 0) is 10.2 Å². The Bertz CT molecular complexity index is 1030. The fraction of sp³-hybridized carbons (Fsp3) is 0.348. The molecule has 2 heterocycles. The van der Waals surface area contributed by atoms with Crippen molar-refractivity contribution in [2.45, 2.75) is 38.1 Å². The van der Waals surface area contributed by atoms with Crippen LogP contribution in [0, 0.1) is 0 Å². The molecule has 0 amide bonds. The minimum Gasteiger partial charge on any atom is -0.508 e.